The summed E-state index contributed by atoms with van der Waals surface area (Å²) in [6.07, 6.45) is 1.33. The van der Waals surface area contributed by atoms with Crippen molar-refractivity contribution in [2.75, 3.05) is 81.0 Å². The summed E-state index contributed by atoms with van der Waals surface area (Å²) in [5.74, 6) is 3.75. The van der Waals surface area contributed by atoms with Crippen LogP contribution in [0.1, 0.15) is 75.2 Å². The van der Waals surface area contributed by atoms with Gasteiger partial charge in [-0.2, -0.15) is 0 Å². The standard InChI is InChI=1S/C16H22N4O4.C16H24N4O2.C11H20N2O2.C5H3ClN2O2/c1-16(2,3)24-15(21)18-9-11-7-8-19(12(11)10-18)13-5-4-6-14(17-13)20(22)23;1-16(2,3)22-15(21)19-9-11-7-8-20(12(11)10-19)14-6-4-5-13(17)18-14;1-11(2,3)15-10(14)13-6-8-4-12-5-9(8)7-13;6-4-2-1-3-5(7-4)8(9)10/h4-6,11-12H,7-10H2,1-3H3;4-6,11-12H,7-10H2,1-3H3,(H2,17,18);8-9,12H,4-7H2,1-3H3;1-3H. The van der Waals surface area contributed by atoms with Crippen molar-refractivity contribution in [3.63, 3.8) is 0 Å². The summed E-state index contributed by atoms with van der Waals surface area (Å²) in [6.45, 7) is 25.2. The minimum absolute atomic E-state index is 0.132. The van der Waals surface area contributed by atoms with Gasteiger partial charge in [-0.1, -0.05) is 6.07 Å². The summed E-state index contributed by atoms with van der Waals surface area (Å²) < 4.78 is 16.3. The van der Waals surface area contributed by atoms with E-state index in [0.29, 0.717) is 61.0 Å². The first-order valence-electron chi connectivity index (χ1n) is 24.0. The van der Waals surface area contributed by atoms with Crippen LogP contribution in [0.2, 0.25) is 5.15 Å². The monoisotopic (exact) mass is 1010 g/mol. The zero-order chi connectivity index (χ0) is 52.0. The zero-order valence-corrected chi connectivity index (χ0v) is 42.9. The predicted molar refractivity (Wildman–Crippen MR) is 267 cm³/mol. The van der Waals surface area contributed by atoms with Gasteiger partial charge in [-0.3, -0.25) is 0 Å². The van der Waals surface area contributed by atoms with E-state index in [1.54, 1.807) is 23.1 Å². The third kappa shape index (κ3) is 15.1. The number of ether oxygens (including phenoxy) is 3. The van der Waals surface area contributed by atoms with Gasteiger partial charge in [-0.05, 0) is 143 Å². The molecule has 388 valence electrons. The van der Waals surface area contributed by atoms with Crippen LogP contribution < -0.4 is 20.9 Å². The fourth-order valence-electron chi connectivity index (χ4n) is 9.55. The van der Waals surface area contributed by atoms with E-state index in [-0.39, 0.29) is 46.7 Å². The number of likely N-dealkylation sites (tertiary alicyclic amines) is 3. The van der Waals surface area contributed by atoms with Gasteiger partial charge < -0.3 is 70.0 Å². The smallest absolute Gasteiger partial charge is 0.410 e. The van der Waals surface area contributed by atoms with Gasteiger partial charge in [0.1, 0.15) is 28.4 Å². The second kappa shape index (κ2) is 22.4. The fourth-order valence-corrected chi connectivity index (χ4v) is 9.71. The number of nitro groups is 2. The molecular formula is C48H69ClN12O10. The summed E-state index contributed by atoms with van der Waals surface area (Å²) in [6, 6.07) is 15.2. The lowest BCUT2D eigenvalue weighted by Gasteiger charge is -2.27. The molecule has 6 unspecified atom stereocenters. The van der Waals surface area contributed by atoms with Gasteiger partial charge >= 0.3 is 29.9 Å². The number of fused-ring (bicyclic) bond motifs is 3. The van der Waals surface area contributed by atoms with E-state index in [0.717, 1.165) is 64.5 Å². The first-order valence-corrected chi connectivity index (χ1v) is 24.4. The van der Waals surface area contributed by atoms with Crippen molar-refractivity contribution in [3.05, 3.63) is 80.0 Å². The minimum atomic E-state index is -0.591. The summed E-state index contributed by atoms with van der Waals surface area (Å²) in [5.41, 5.74) is 4.43. The maximum atomic E-state index is 12.3. The predicted octanol–water partition coefficient (Wildman–Crippen LogP) is 7.26. The molecule has 3 aromatic rings. The lowest BCUT2D eigenvalue weighted by atomic mass is 10.0. The molecule has 6 atom stereocenters. The normalized spacial score (nSPS) is 23.2. The fraction of sp³-hybridized carbons (Fsp3) is 0.625. The molecule has 9 heterocycles. The number of halogens is 1. The summed E-state index contributed by atoms with van der Waals surface area (Å²) in [7, 11) is 0. The maximum Gasteiger partial charge on any atom is 0.410 e. The Kier molecular flexibility index (Phi) is 17.1. The van der Waals surface area contributed by atoms with Gasteiger partial charge in [0.25, 0.3) is 0 Å². The molecular weight excluding hydrogens is 940 g/mol. The van der Waals surface area contributed by atoms with Crippen molar-refractivity contribution in [1.82, 2.24) is 35.0 Å². The van der Waals surface area contributed by atoms with E-state index in [4.69, 9.17) is 31.5 Å². The van der Waals surface area contributed by atoms with Gasteiger partial charge in [0.15, 0.2) is 0 Å². The Balaban J connectivity index is 0.000000162. The van der Waals surface area contributed by atoms with Gasteiger partial charge in [0, 0.05) is 102 Å². The van der Waals surface area contributed by atoms with Crippen LogP contribution in [0.4, 0.5) is 43.5 Å². The highest BCUT2D eigenvalue weighted by Gasteiger charge is 2.46. The van der Waals surface area contributed by atoms with Crippen molar-refractivity contribution in [3.8, 4) is 0 Å². The molecule has 3 amide bonds. The molecule has 0 aromatic carbocycles. The Labute approximate surface area is 419 Å². The number of carbonyl (C=O) groups excluding carboxylic acids is 3. The SMILES string of the molecule is CC(C)(C)OC(=O)N1CC2CCN(c3cccc(N)n3)C2C1.CC(C)(C)OC(=O)N1CC2CCN(c3cccc([N+](=O)[O-])n3)C2C1.CC(C)(C)OC(=O)N1CC2CNCC2C1.O=[N+]([O-])c1cccc(Cl)n1. The molecule has 6 aliphatic heterocycles. The van der Waals surface area contributed by atoms with Crippen molar-refractivity contribution < 1.29 is 38.4 Å². The number of aromatic nitrogens is 3. The molecule has 0 radical (unpaired) electrons. The zero-order valence-electron chi connectivity index (χ0n) is 42.2. The van der Waals surface area contributed by atoms with Crippen molar-refractivity contribution >= 4 is 59.0 Å². The van der Waals surface area contributed by atoms with Crippen LogP contribution in [-0.4, -0.2) is 152 Å². The lowest BCUT2D eigenvalue weighted by molar-refractivity contribution is -0.389. The molecule has 22 nitrogen and oxygen atoms in total. The number of nitrogens with zero attached hydrogens (tertiary/aromatic N) is 10. The average Bonchev–Trinajstić information content (AvgIpc) is 4.12. The summed E-state index contributed by atoms with van der Waals surface area (Å²) in [5, 5.41) is 24.4. The van der Waals surface area contributed by atoms with E-state index in [1.165, 1.54) is 24.3 Å². The first-order chi connectivity index (χ1) is 33.2. The first kappa shape index (κ1) is 54.1. The number of hydrogen-bond acceptors (Lipinski definition) is 17. The van der Waals surface area contributed by atoms with Gasteiger partial charge in [-0.15, -0.1) is 0 Å². The number of rotatable bonds is 4. The Hall–Kier alpha value is -6.29. The molecule has 0 saturated carbocycles. The number of carbonyl (C=O) groups is 3. The molecule has 0 spiro atoms. The number of nitrogens with two attached hydrogens (primary N) is 1. The van der Waals surface area contributed by atoms with Crippen LogP contribution in [0.25, 0.3) is 0 Å². The molecule has 6 saturated heterocycles. The average molecular weight is 1010 g/mol. The third-order valence-corrected chi connectivity index (χ3v) is 12.8. The van der Waals surface area contributed by atoms with E-state index >= 15 is 0 Å². The molecule has 0 aliphatic carbocycles. The lowest BCUT2D eigenvalue weighted by Crippen LogP contribution is -2.39. The van der Waals surface area contributed by atoms with Crippen LogP contribution in [0, 0.1) is 43.9 Å². The number of amides is 3. The van der Waals surface area contributed by atoms with Crippen molar-refractivity contribution in [2.45, 2.75) is 104 Å². The van der Waals surface area contributed by atoms with Crippen LogP contribution in [0.5, 0.6) is 0 Å². The van der Waals surface area contributed by atoms with Crippen molar-refractivity contribution in [2.24, 2.45) is 23.7 Å². The number of anilines is 3. The molecule has 9 rings (SSSR count). The number of nitrogens with one attached hydrogen (secondary N) is 1. The Morgan fingerprint density at radius 3 is 1.37 bits per heavy atom. The highest BCUT2D eigenvalue weighted by molar-refractivity contribution is 6.29. The van der Waals surface area contributed by atoms with Gasteiger partial charge in [0.05, 0.1) is 12.1 Å². The topological polar surface area (TPSA) is 258 Å². The Morgan fingerprint density at radius 1 is 0.592 bits per heavy atom. The van der Waals surface area contributed by atoms with Crippen LogP contribution >= 0.6 is 11.6 Å². The molecule has 23 heteroatoms. The summed E-state index contributed by atoms with van der Waals surface area (Å²) >= 11 is 5.37. The summed E-state index contributed by atoms with van der Waals surface area (Å²) in [4.78, 5) is 77.9. The highest BCUT2D eigenvalue weighted by Crippen LogP contribution is 2.37. The van der Waals surface area contributed by atoms with Crippen LogP contribution in [0.3, 0.4) is 0 Å². The molecule has 6 fully saturated rings. The molecule has 3 N–H and O–H groups in total. The van der Waals surface area contributed by atoms with E-state index in [2.05, 4.69) is 30.1 Å². The Bertz CT molecular complexity index is 2370. The van der Waals surface area contributed by atoms with Crippen LogP contribution in [-0.2, 0) is 14.2 Å². The van der Waals surface area contributed by atoms with Crippen LogP contribution in [0.15, 0.2) is 54.6 Å². The minimum Gasteiger partial charge on any atom is -0.444 e. The largest absolute Gasteiger partial charge is 0.444 e. The third-order valence-electron chi connectivity index (χ3n) is 12.6. The molecule has 3 aromatic heterocycles. The second-order valence-corrected chi connectivity index (χ2v) is 21.9. The van der Waals surface area contributed by atoms with Gasteiger partial charge in [-0.25, -0.2) is 19.4 Å². The quantitative estimate of drug-likeness (QED) is 0.113. The molecule has 0 bridgehead atoms. The molecule has 71 heavy (non-hydrogen) atoms. The second-order valence-electron chi connectivity index (χ2n) is 21.6. The maximum absolute atomic E-state index is 12.3. The number of nitrogen functional groups attached to an aromatic ring is 1. The Morgan fingerprint density at radius 2 is 0.972 bits per heavy atom. The highest BCUT2D eigenvalue weighted by atomic mass is 35.5. The van der Waals surface area contributed by atoms with E-state index in [9.17, 15) is 34.6 Å². The number of hydrogen-bond donors (Lipinski definition) is 2. The molecule has 6 aliphatic rings. The number of pyridine rings is 3. The van der Waals surface area contributed by atoms with E-state index in [1.807, 2.05) is 84.2 Å². The van der Waals surface area contributed by atoms with E-state index < -0.39 is 21.0 Å². The van der Waals surface area contributed by atoms with Gasteiger partial charge in [0.2, 0.25) is 11.0 Å². The van der Waals surface area contributed by atoms with Crippen molar-refractivity contribution in [1.29, 1.82) is 0 Å².